The van der Waals surface area contributed by atoms with E-state index in [4.69, 9.17) is 0 Å². The van der Waals surface area contributed by atoms with E-state index in [9.17, 15) is 9.59 Å². The first-order valence-electron chi connectivity index (χ1n) is 7.47. The Morgan fingerprint density at radius 1 is 1.26 bits per heavy atom. The van der Waals surface area contributed by atoms with E-state index < -0.39 is 0 Å². The fourth-order valence-corrected chi connectivity index (χ4v) is 3.14. The molecule has 1 amide bonds. The molecule has 0 aromatic carbocycles. The number of ketones is 1. The van der Waals surface area contributed by atoms with Crippen molar-refractivity contribution >= 4 is 23.0 Å². The summed E-state index contributed by atoms with van der Waals surface area (Å²) < 4.78 is 0. The minimum absolute atomic E-state index is 0.0596. The van der Waals surface area contributed by atoms with Crippen LogP contribution in [0.15, 0.2) is 42.0 Å². The summed E-state index contributed by atoms with van der Waals surface area (Å²) in [5, 5.41) is 4.95. The Morgan fingerprint density at radius 2 is 2.09 bits per heavy atom. The second kappa shape index (κ2) is 8.55. The maximum absolute atomic E-state index is 12.0. The molecule has 5 nitrogen and oxygen atoms in total. The maximum atomic E-state index is 12.0. The minimum Gasteiger partial charge on any atom is -0.354 e. The molecule has 0 bridgehead atoms. The van der Waals surface area contributed by atoms with Crippen LogP contribution in [-0.2, 0) is 4.79 Å². The number of amides is 1. The highest BCUT2D eigenvalue weighted by molar-refractivity contribution is 7.10. The van der Waals surface area contributed by atoms with Crippen molar-refractivity contribution in [3.63, 3.8) is 0 Å². The summed E-state index contributed by atoms with van der Waals surface area (Å²) >= 11 is 1.67. The van der Waals surface area contributed by atoms with Gasteiger partial charge in [-0.25, -0.2) is 0 Å². The number of hydrogen-bond donors (Lipinski definition) is 1. The Bertz CT molecular complexity index is 627. The van der Waals surface area contributed by atoms with Gasteiger partial charge in [0.1, 0.15) is 0 Å². The smallest absolute Gasteiger partial charge is 0.220 e. The molecule has 0 saturated carbocycles. The predicted molar refractivity (Wildman–Crippen MR) is 91.6 cm³/mol. The molecule has 1 atom stereocenters. The highest BCUT2D eigenvalue weighted by Crippen LogP contribution is 2.22. The lowest BCUT2D eigenvalue weighted by molar-refractivity contribution is -0.121. The molecule has 0 radical (unpaired) electrons. The van der Waals surface area contributed by atoms with Crippen LogP contribution in [0.1, 0.15) is 34.1 Å². The molecular formula is C17H21N3O2S. The highest BCUT2D eigenvalue weighted by atomic mass is 32.1. The molecule has 0 fully saturated rings. The quantitative estimate of drug-likeness (QED) is 0.755. The molecule has 23 heavy (non-hydrogen) atoms. The van der Waals surface area contributed by atoms with Crippen molar-refractivity contribution < 1.29 is 9.59 Å². The molecule has 2 aromatic rings. The van der Waals surface area contributed by atoms with Gasteiger partial charge in [-0.05, 0) is 37.7 Å². The number of nitrogens with zero attached hydrogens (tertiary/aromatic N) is 2. The van der Waals surface area contributed by atoms with E-state index in [0.717, 1.165) is 0 Å². The van der Waals surface area contributed by atoms with Gasteiger partial charge in [-0.15, -0.1) is 11.3 Å². The average molecular weight is 331 g/mol. The number of aromatic nitrogens is 1. The number of nitrogens with one attached hydrogen (secondary N) is 1. The fourth-order valence-electron chi connectivity index (χ4n) is 2.22. The fraction of sp³-hybridized carbons (Fsp3) is 0.353. The van der Waals surface area contributed by atoms with Gasteiger partial charge >= 0.3 is 0 Å². The molecule has 0 saturated heterocycles. The Hall–Kier alpha value is -2.05. The molecule has 1 N–H and O–H groups in total. The topological polar surface area (TPSA) is 62.3 Å². The van der Waals surface area contributed by atoms with Crippen LogP contribution in [0.25, 0.3) is 0 Å². The molecule has 0 spiro atoms. The zero-order valence-electron chi connectivity index (χ0n) is 13.4. The minimum atomic E-state index is -0.106. The number of pyridine rings is 1. The molecule has 2 heterocycles. The van der Waals surface area contributed by atoms with E-state index in [-0.39, 0.29) is 30.6 Å². The van der Waals surface area contributed by atoms with Crippen LogP contribution in [0, 0.1) is 0 Å². The number of Topliss-reactive ketones (excluding diaryl/α,β-unsaturated/α-hetero) is 1. The van der Waals surface area contributed by atoms with E-state index in [2.05, 4.69) is 21.3 Å². The number of rotatable bonds is 8. The van der Waals surface area contributed by atoms with Crippen LogP contribution in [0.4, 0.5) is 0 Å². The van der Waals surface area contributed by atoms with Crippen LogP contribution in [-0.4, -0.2) is 42.2 Å². The van der Waals surface area contributed by atoms with Crippen molar-refractivity contribution in [2.45, 2.75) is 18.9 Å². The number of likely N-dealkylation sites (N-methyl/N-ethyl adjacent to an activating group) is 1. The van der Waals surface area contributed by atoms with E-state index in [0.29, 0.717) is 12.1 Å². The SMILES string of the molecule is CN(C)C(CNC(=O)CCC(=O)c1cccnc1)c1cccs1. The van der Waals surface area contributed by atoms with Crippen molar-refractivity contribution in [3.05, 3.63) is 52.5 Å². The number of thiophene rings is 1. The van der Waals surface area contributed by atoms with E-state index >= 15 is 0 Å². The van der Waals surface area contributed by atoms with Gasteiger partial charge in [0.05, 0.1) is 6.04 Å². The van der Waals surface area contributed by atoms with Crippen molar-refractivity contribution in [2.24, 2.45) is 0 Å². The van der Waals surface area contributed by atoms with Gasteiger partial charge in [0.25, 0.3) is 0 Å². The summed E-state index contributed by atoms with van der Waals surface area (Å²) in [6.45, 7) is 0.535. The molecule has 2 rings (SSSR count). The zero-order valence-corrected chi connectivity index (χ0v) is 14.2. The summed E-state index contributed by atoms with van der Waals surface area (Å²) in [4.78, 5) is 31.1. The lowest BCUT2D eigenvalue weighted by atomic mass is 10.1. The van der Waals surface area contributed by atoms with Gasteiger partial charge in [-0.3, -0.25) is 14.6 Å². The first-order valence-corrected chi connectivity index (χ1v) is 8.35. The highest BCUT2D eigenvalue weighted by Gasteiger charge is 2.16. The normalized spacial score (nSPS) is 12.1. The van der Waals surface area contributed by atoms with Gasteiger partial charge in [0, 0.05) is 42.2 Å². The summed E-state index contributed by atoms with van der Waals surface area (Å²) in [6, 6.07) is 7.65. The Labute approximate surface area is 140 Å². The molecule has 6 heteroatoms. The third-order valence-corrected chi connectivity index (χ3v) is 4.52. The predicted octanol–water partition coefficient (Wildman–Crippen LogP) is 2.53. The van der Waals surface area contributed by atoms with Crippen LogP contribution in [0.2, 0.25) is 0 Å². The summed E-state index contributed by atoms with van der Waals surface area (Å²) in [6.07, 6.45) is 3.54. The first-order chi connectivity index (χ1) is 11.1. The molecular weight excluding hydrogens is 310 g/mol. The third-order valence-electron chi connectivity index (χ3n) is 3.55. The van der Waals surface area contributed by atoms with Gasteiger partial charge in [0.15, 0.2) is 5.78 Å². The molecule has 1 unspecified atom stereocenters. The zero-order chi connectivity index (χ0) is 16.7. The average Bonchev–Trinajstić information content (AvgIpc) is 3.07. The Kier molecular flexibility index (Phi) is 6.43. The second-order valence-electron chi connectivity index (χ2n) is 5.46. The Balaban J connectivity index is 1.79. The third kappa shape index (κ3) is 5.26. The monoisotopic (exact) mass is 331 g/mol. The van der Waals surface area contributed by atoms with Crippen molar-refractivity contribution in [1.29, 1.82) is 0 Å². The van der Waals surface area contributed by atoms with E-state index in [1.165, 1.54) is 11.1 Å². The Morgan fingerprint density at radius 3 is 2.70 bits per heavy atom. The number of carbonyl (C=O) groups is 2. The summed E-state index contributed by atoms with van der Waals surface area (Å²) in [5.74, 6) is -0.165. The van der Waals surface area contributed by atoms with Crippen LogP contribution in [0.5, 0.6) is 0 Å². The van der Waals surface area contributed by atoms with E-state index in [1.54, 1.807) is 29.7 Å². The molecule has 2 aromatic heterocycles. The summed E-state index contributed by atoms with van der Waals surface area (Å²) in [5.41, 5.74) is 0.546. The molecule has 0 aliphatic rings. The summed E-state index contributed by atoms with van der Waals surface area (Å²) in [7, 11) is 3.98. The van der Waals surface area contributed by atoms with Gasteiger partial charge in [-0.2, -0.15) is 0 Å². The van der Waals surface area contributed by atoms with E-state index in [1.807, 2.05) is 25.5 Å². The second-order valence-corrected chi connectivity index (χ2v) is 6.44. The largest absolute Gasteiger partial charge is 0.354 e. The number of hydrogen-bond acceptors (Lipinski definition) is 5. The maximum Gasteiger partial charge on any atom is 0.220 e. The van der Waals surface area contributed by atoms with Crippen LogP contribution < -0.4 is 5.32 Å². The van der Waals surface area contributed by atoms with Crippen molar-refractivity contribution in [3.8, 4) is 0 Å². The van der Waals surface area contributed by atoms with Crippen LogP contribution >= 0.6 is 11.3 Å². The first kappa shape index (κ1) is 17.3. The van der Waals surface area contributed by atoms with Crippen molar-refractivity contribution in [2.75, 3.05) is 20.6 Å². The van der Waals surface area contributed by atoms with Crippen molar-refractivity contribution in [1.82, 2.24) is 15.2 Å². The van der Waals surface area contributed by atoms with Gasteiger partial charge in [-0.1, -0.05) is 6.07 Å². The van der Waals surface area contributed by atoms with Gasteiger partial charge < -0.3 is 10.2 Å². The molecule has 0 aliphatic carbocycles. The van der Waals surface area contributed by atoms with Gasteiger partial charge in [0.2, 0.25) is 5.91 Å². The van der Waals surface area contributed by atoms with Crippen LogP contribution in [0.3, 0.4) is 0 Å². The standard InChI is InChI=1S/C17H21N3O2S/c1-20(2)14(16-6-4-10-23-16)12-19-17(22)8-7-15(21)13-5-3-9-18-11-13/h3-6,9-11,14H,7-8,12H2,1-2H3,(H,19,22). The molecule has 0 aliphatic heterocycles. The molecule has 122 valence electrons. The lowest BCUT2D eigenvalue weighted by Crippen LogP contribution is -2.34. The number of carbonyl (C=O) groups excluding carboxylic acids is 2. The lowest BCUT2D eigenvalue weighted by Gasteiger charge is -2.23.